The molecular formula is C15H26N2. The smallest absolute Gasteiger partial charge is 0.0370 e. The van der Waals surface area contributed by atoms with Crippen molar-refractivity contribution in [1.29, 1.82) is 0 Å². The molecule has 0 aliphatic heterocycles. The van der Waals surface area contributed by atoms with Crippen molar-refractivity contribution in [3.8, 4) is 0 Å². The fraction of sp³-hybridized carbons (Fsp3) is 0.600. The summed E-state index contributed by atoms with van der Waals surface area (Å²) in [5.74, 6) is 0. The van der Waals surface area contributed by atoms with Crippen LogP contribution in [0.25, 0.3) is 0 Å². The van der Waals surface area contributed by atoms with Gasteiger partial charge in [0.25, 0.3) is 0 Å². The van der Waals surface area contributed by atoms with E-state index in [1.807, 2.05) is 6.92 Å². The number of rotatable bonds is 4. The molecule has 0 fully saturated rings. The second-order valence-corrected chi connectivity index (χ2v) is 5.97. The quantitative estimate of drug-likeness (QED) is 0.837. The van der Waals surface area contributed by atoms with Crippen molar-refractivity contribution in [3.63, 3.8) is 0 Å². The Hall–Kier alpha value is -1.02. The highest BCUT2D eigenvalue weighted by Crippen LogP contribution is 2.26. The second kappa shape index (κ2) is 5.54. The van der Waals surface area contributed by atoms with Gasteiger partial charge < -0.3 is 11.1 Å². The van der Waals surface area contributed by atoms with Crippen LogP contribution in [0.2, 0.25) is 0 Å². The number of anilines is 1. The van der Waals surface area contributed by atoms with Crippen LogP contribution in [0.1, 0.15) is 45.2 Å². The number of hydrogen-bond donors (Lipinski definition) is 2. The third-order valence-corrected chi connectivity index (χ3v) is 3.01. The predicted molar refractivity (Wildman–Crippen MR) is 76.6 cm³/mol. The zero-order chi connectivity index (χ0) is 13.1. The maximum atomic E-state index is 5.74. The van der Waals surface area contributed by atoms with E-state index in [1.54, 1.807) is 0 Å². The minimum atomic E-state index is 0.217. The summed E-state index contributed by atoms with van der Waals surface area (Å²) in [7, 11) is 0. The van der Waals surface area contributed by atoms with Crippen LogP contribution in [-0.4, -0.2) is 12.6 Å². The number of benzene rings is 1. The van der Waals surface area contributed by atoms with Gasteiger partial charge in [-0.05, 0) is 42.9 Å². The van der Waals surface area contributed by atoms with Crippen LogP contribution in [0.5, 0.6) is 0 Å². The van der Waals surface area contributed by atoms with Gasteiger partial charge in [-0.15, -0.1) is 0 Å². The SMILES string of the molecule is Cc1cc(C(C)(C)C)ccc1NCCC(C)N. The summed E-state index contributed by atoms with van der Waals surface area (Å²) >= 11 is 0. The van der Waals surface area contributed by atoms with Crippen LogP contribution < -0.4 is 11.1 Å². The fourth-order valence-corrected chi connectivity index (χ4v) is 1.76. The van der Waals surface area contributed by atoms with E-state index in [-0.39, 0.29) is 11.5 Å². The lowest BCUT2D eigenvalue weighted by atomic mass is 9.86. The van der Waals surface area contributed by atoms with Crippen molar-refractivity contribution >= 4 is 5.69 Å². The lowest BCUT2D eigenvalue weighted by Crippen LogP contribution is -2.19. The van der Waals surface area contributed by atoms with E-state index in [1.165, 1.54) is 16.8 Å². The normalized spacial score (nSPS) is 13.5. The molecule has 3 N–H and O–H groups in total. The first-order valence-corrected chi connectivity index (χ1v) is 6.41. The van der Waals surface area contributed by atoms with Crippen LogP contribution in [0.15, 0.2) is 18.2 Å². The molecule has 1 aromatic rings. The zero-order valence-corrected chi connectivity index (χ0v) is 11.8. The molecule has 1 atom stereocenters. The summed E-state index contributed by atoms with van der Waals surface area (Å²) in [6, 6.07) is 6.92. The molecule has 0 amide bonds. The van der Waals surface area contributed by atoms with Gasteiger partial charge in [0.15, 0.2) is 0 Å². The molecular weight excluding hydrogens is 208 g/mol. The highest BCUT2D eigenvalue weighted by molar-refractivity contribution is 5.52. The molecule has 1 aromatic carbocycles. The average molecular weight is 234 g/mol. The lowest BCUT2D eigenvalue weighted by molar-refractivity contribution is 0.590. The van der Waals surface area contributed by atoms with Gasteiger partial charge in [-0.2, -0.15) is 0 Å². The third-order valence-electron chi connectivity index (χ3n) is 3.01. The average Bonchev–Trinajstić information content (AvgIpc) is 2.18. The molecule has 0 heterocycles. The van der Waals surface area contributed by atoms with Crippen molar-refractivity contribution in [2.24, 2.45) is 5.73 Å². The van der Waals surface area contributed by atoms with E-state index in [0.29, 0.717) is 0 Å². The Morgan fingerprint density at radius 2 is 1.94 bits per heavy atom. The topological polar surface area (TPSA) is 38.0 Å². The van der Waals surface area contributed by atoms with Gasteiger partial charge in [-0.1, -0.05) is 32.9 Å². The number of nitrogens with one attached hydrogen (secondary N) is 1. The number of nitrogens with two attached hydrogens (primary N) is 1. The summed E-state index contributed by atoms with van der Waals surface area (Å²) in [6.45, 7) is 11.9. The highest BCUT2D eigenvalue weighted by atomic mass is 14.9. The molecule has 0 bridgehead atoms. The first-order valence-electron chi connectivity index (χ1n) is 6.41. The zero-order valence-electron chi connectivity index (χ0n) is 11.8. The van der Waals surface area contributed by atoms with Gasteiger partial charge in [-0.25, -0.2) is 0 Å². The second-order valence-electron chi connectivity index (χ2n) is 5.97. The van der Waals surface area contributed by atoms with Gasteiger partial charge >= 0.3 is 0 Å². The molecule has 0 aromatic heterocycles. The summed E-state index contributed by atoms with van der Waals surface area (Å²) < 4.78 is 0. The van der Waals surface area contributed by atoms with Crippen molar-refractivity contribution < 1.29 is 0 Å². The van der Waals surface area contributed by atoms with E-state index in [4.69, 9.17) is 5.73 Å². The van der Waals surface area contributed by atoms with E-state index < -0.39 is 0 Å². The van der Waals surface area contributed by atoms with Crippen LogP contribution in [0.4, 0.5) is 5.69 Å². The predicted octanol–water partition coefficient (Wildman–Crippen LogP) is 3.44. The number of aryl methyl sites for hydroxylation is 1. The third kappa shape index (κ3) is 4.39. The Bertz CT molecular complexity index is 362. The minimum absolute atomic E-state index is 0.217. The Balaban J connectivity index is 2.70. The Kier molecular flexibility index (Phi) is 4.58. The van der Waals surface area contributed by atoms with E-state index in [0.717, 1.165) is 13.0 Å². The molecule has 0 aliphatic carbocycles. The highest BCUT2D eigenvalue weighted by Gasteiger charge is 2.14. The van der Waals surface area contributed by atoms with E-state index in [9.17, 15) is 0 Å². The van der Waals surface area contributed by atoms with Crippen LogP contribution in [0.3, 0.4) is 0 Å². The van der Waals surface area contributed by atoms with Crippen LogP contribution in [0, 0.1) is 6.92 Å². The molecule has 2 nitrogen and oxygen atoms in total. The summed E-state index contributed by atoms with van der Waals surface area (Å²) in [6.07, 6.45) is 1.00. The number of hydrogen-bond acceptors (Lipinski definition) is 2. The molecule has 0 spiro atoms. The van der Waals surface area contributed by atoms with Gasteiger partial charge in [0.2, 0.25) is 0 Å². The molecule has 0 aliphatic rings. The molecule has 0 saturated heterocycles. The van der Waals surface area contributed by atoms with Gasteiger partial charge in [0.1, 0.15) is 0 Å². The summed E-state index contributed by atoms with van der Waals surface area (Å²) in [5, 5.41) is 3.44. The van der Waals surface area contributed by atoms with Crippen molar-refractivity contribution in [2.45, 2.75) is 52.5 Å². The van der Waals surface area contributed by atoms with Crippen molar-refractivity contribution in [3.05, 3.63) is 29.3 Å². The molecule has 0 radical (unpaired) electrons. The molecule has 2 heteroatoms. The Morgan fingerprint density at radius 1 is 1.29 bits per heavy atom. The maximum absolute atomic E-state index is 5.74. The van der Waals surface area contributed by atoms with Crippen molar-refractivity contribution in [2.75, 3.05) is 11.9 Å². The van der Waals surface area contributed by atoms with Crippen LogP contribution >= 0.6 is 0 Å². The lowest BCUT2D eigenvalue weighted by Gasteiger charge is -2.21. The molecule has 1 rings (SSSR count). The fourth-order valence-electron chi connectivity index (χ4n) is 1.76. The molecule has 17 heavy (non-hydrogen) atoms. The standard InChI is InChI=1S/C15H26N2/c1-11-10-13(15(3,4)5)6-7-14(11)17-9-8-12(2)16/h6-7,10,12,17H,8-9,16H2,1-5H3. The summed E-state index contributed by atoms with van der Waals surface area (Å²) in [5.41, 5.74) is 9.86. The van der Waals surface area contributed by atoms with Gasteiger partial charge in [0.05, 0.1) is 0 Å². The Morgan fingerprint density at radius 3 is 2.41 bits per heavy atom. The van der Waals surface area contributed by atoms with E-state index in [2.05, 4.69) is 51.2 Å². The molecule has 0 saturated carbocycles. The monoisotopic (exact) mass is 234 g/mol. The first kappa shape index (κ1) is 14.0. The molecule has 96 valence electrons. The summed E-state index contributed by atoms with van der Waals surface area (Å²) in [4.78, 5) is 0. The van der Waals surface area contributed by atoms with Gasteiger partial charge in [0, 0.05) is 18.3 Å². The maximum Gasteiger partial charge on any atom is 0.0370 e. The van der Waals surface area contributed by atoms with Crippen LogP contribution in [-0.2, 0) is 5.41 Å². The largest absolute Gasteiger partial charge is 0.385 e. The van der Waals surface area contributed by atoms with Gasteiger partial charge in [-0.3, -0.25) is 0 Å². The molecule has 1 unspecified atom stereocenters. The van der Waals surface area contributed by atoms with Crippen molar-refractivity contribution in [1.82, 2.24) is 0 Å². The van der Waals surface area contributed by atoms with E-state index >= 15 is 0 Å². The first-order chi connectivity index (χ1) is 7.80. The Labute approximate surface area is 106 Å². The minimum Gasteiger partial charge on any atom is -0.385 e.